The van der Waals surface area contributed by atoms with Crippen molar-refractivity contribution in [2.45, 2.75) is 40.0 Å². The van der Waals surface area contributed by atoms with E-state index in [1.165, 1.54) is 16.3 Å². The first kappa shape index (κ1) is 19.4. The van der Waals surface area contributed by atoms with Crippen LogP contribution in [0.4, 0.5) is 5.82 Å². The third kappa shape index (κ3) is 4.78. The van der Waals surface area contributed by atoms with Crippen molar-refractivity contribution in [2.75, 3.05) is 0 Å². The summed E-state index contributed by atoms with van der Waals surface area (Å²) in [6.45, 7) is 7.71. The SMILES string of the molecule is Cc1ncc([N+](=O)[O-])n1/C=C/OC(=O)C(C)c1ccc(CC(C)C)cc1. The van der Waals surface area contributed by atoms with Gasteiger partial charge in [-0.05, 0) is 35.3 Å². The summed E-state index contributed by atoms with van der Waals surface area (Å²) in [6, 6.07) is 7.90. The number of esters is 1. The number of carbonyl (C=O) groups is 1. The Morgan fingerprint density at radius 2 is 1.96 bits per heavy atom. The summed E-state index contributed by atoms with van der Waals surface area (Å²) in [5.41, 5.74) is 2.09. The second-order valence-electron chi connectivity index (χ2n) is 6.57. The molecule has 1 atom stereocenters. The molecule has 2 aromatic rings. The van der Waals surface area contributed by atoms with Crippen LogP contribution in [-0.4, -0.2) is 20.4 Å². The minimum absolute atomic E-state index is 0.191. The lowest BCUT2D eigenvalue weighted by molar-refractivity contribution is -0.390. The first-order valence-corrected chi connectivity index (χ1v) is 8.43. The monoisotopic (exact) mass is 357 g/mol. The van der Waals surface area contributed by atoms with Gasteiger partial charge in [-0.25, -0.2) is 4.98 Å². The molecule has 0 saturated heterocycles. The lowest BCUT2D eigenvalue weighted by Crippen LogP contribution is -2.10. The molecular formula is C19H23N3O4. The number of nitro groups is 1. The van der Waals surface area contributed by atoms with Gasteiger partial charge in [-0.1, -0.05) is 38.1 Å². The maximum absolute atomic E-state index is 12.2. The van der Waals surface area contributed by atoms with E-state index in [0.717, 1.165) is 24.4 Å². The van der Waals surface area contributed by atoms with Crippen LogP contribution in [0.5, 0.6) is 0 Å². The molecule has 7 nitrogen and oxygen atoms in total. The number of hydrogen-bond acceptors (Lipinski definition) is 5. The normalized spacial score (nSPS) is 12.5. The lowest BCUT2D eigenvalue weighted by atomic mass is 9.97. The fourth-order valence-electron chi connectivity index (χ4n) is 2.57. The summed E-state index contributed by atoms with van der Waals surface area (Å²) < 4.78 is 6.37. The molecule has 0 bridgehead atoms. The minimum Gasteiger partial charge on any atom is -0.430 e. The van der Waals surface area contributed by atoms with Crippen molar-refractivity contribution in [3.05, 3.63) is 63.8 Å². The maximum atomic E-state index is 12.2. The highest BCUT2D eigenvalue weighted by molar-refractivity contribution is 5.78. The van der Waals surface area contributed by atoms with Crippen molar-refractivity contribution in [3.63, 3.8) is 0 Å². The highest BCUT2D eigenvalue weighted by atomic mass is 16.6. The van der Waals surface area contributed by atoms with E-state index in [2.05, 4.69) is 18.8 Å². The Labute approximate surface area is 152 Å². The fraction of sp³-hybridized carbons (Fsp3) is 0.368. The maximum Gasteiger partial charge on any atom is 0.347 e. The second-order valence-corrected chi connectivity index (χ2v) is 6.57. The van der Waals surface area contributed by atoms with E-state index >= 15 is 0 Å². The predicted molar refractivity (Wildman–Crippen MR) is 98.4 cm³/mol. The third-order valence-corrected chi connectivity index (χ3v) is 4.02. The molecule has 0 N–H and O–H groups in total. The van der Waals surface area contributed by atoms with Crippen LogP contribution < -0.4 is 0 Å². The van der Waals surface area contributed by atoms with E-state index in [9.17, 15) is 14.9 Å². The third-order valence-electron chi connectivity index (χ3n) is 4.02. The summed E-state index contributed by atoms with van der Waals surface area (Å²) in [7, 11) is 0. The van der Waals surface area contributed by atoms with Crippen molar-refractivity contribution >= 4 is 18.0 Å². The molecule has 1 heterocycles. The number of carbonyl (C=O) groups excluding carboxylic acids is 1. The molecule has 1 aromatic carbocycles. The van der Waals surface area contributed by atoms with Crippen LogP contribution >= 0.6 is 0 Å². The molecular weight excluding hydrogens is 334 g/mol. The van der Waals surface area contributed by atoms with Crippen molar-refractivity contribution in [1.82, 2.24) is 9.55 Å². The Bertz CT molecular complexity index is 807. The van der Waals surface area contributed by atoms with Gasteiger partial charge in [0.1, 0.15) is 18.7 Å². The summed E-state index contributed by atoms with van der Waals surface area (Å²) in [6.07, 6.45) is 4.61. The van der Waals surface area contributed by atoms with Crippen LogP contribution in [-0.2, 0) is 16.0 Å². The second kappa shape index (κ2) is 8.42. The van der Waals surface area contributed by atoms with Crippen molar-refractivity contribution in [1.29, 1.82) is 0 Å². The Hall–Kier alpha value is -2.96. The van der Waals surface area contributed by atoms with E-state index in [-0.39, 0.29) is 5.82 Å². The molecule has 0 spiro atoms. The van der Waals surface area contributed by atoms with Gasteiger partial charge >= 0.3 is 11.8 Å². The van der Waals surface area contributed by atoms with E-state index in [4.69, 9.17) is 4.74 Å². The van der Waals surface area contributed by atoms with E-state index in [0.29, 0.717) is 11.7 Å². The Morgan fingerprint density at radius 1 is 1.31 bits per heavy atom. The fourth-order valence-corrected chi connectivity index (χ4v) is 2.57. The average molecular weight is 357 g/mol. The predicted octanol–water partition coefficient (Wildman–Crippen LogP) is 4.07. The van der Waals surface area contributed by atoms with Crippen molar-refractivity contribution in [2.24, 2.45) is 5.92 Å². The number of rotatable bonds is 7. The molecule has 7 heteroatoms. The number of aryl methyl sites for hydroxylation is 1. The summed E-state index contributed by atoms with van der Waals surface area (Å²) in [4.78, 5) is 26.5. The van der Waals surface area contributed by atoms with Crippen molar-refractivity contribution in [3.8, 4) is 0 Å². The Kier molecular flexibility index (Phi) is 6.27. The van der Waals surface area contributed by atoms with Gasteiger partial charge < -0.3 is 14.9 Å². The number of hydrogen-bond donors (Lipinski definition) is 0. The van der Waals surface area contributed by atoms with Gasteiger partial charge in [-0.15, -0.1) is 0 Å². The Balaban J connectivity index is 2.01. The number of nitrogens with zero attached hydrogens (tertiary/aromatic N) is 3. The summed E-state index contributed by atoms with van der Waals surface area (Å²) in [5, 5.41) is 10.9. The summed E-state index contributed by atoms with van der Waals surface area (Å²) in [5.74, 6) is -0.0599. The molecule has 26 heavy (non-hydrogen) atoms. The van der Waals surface area contributed by atoms with Crippen LogP contribution in [0, 0.1) is 23.0 Å². The summed E-state index contributed by atoms with van der Waals surface area (Å²) >= 11 is 0. The minimum atomic E-state index is -0.548. The van der Waals surface area contributed by atoms with Gasteiger partial charge in [-0.2, -0.15) is 4.57 Å². The van der Waals surface area contributed by atoms with Gasteiger partial charge in [0.05, 0.1) is 5.92 Å². The molecule has 0 fully saturated rings. The molecule has 138 valence electrons. The number of imidazole rings is 1. The zero-order valence-electron chi connectivity index (χ0n) is 15.4. The largest absolute Gasteiger partial charge is 0.430 e. The highest BCUT2D eigenvalue weighted by Gasteiger charge is 2.18. The lowest BCUT2D eigenvalue weighted by Gasteiger charge is -2.11. The molecule has 2 rings (SSSR count). The molecule has 0 aliphatic heterocycles. The molecule has 0 amide bonds. The van der Waals surface area contributed by atoms with E-state index in [1.54, 1.807) is 13.8 Å². The smallest absolute Gasteiger partial charge is 0.347 e. The van der Waals surface area contributed by atoms with E-state index < -0.39 is 16.8 Å². The zero-order valence-corrected chi connectivity index (χ0v) is 15.4. The topological polar surface area (TPSA) is 87.3 Å². The van der Waals surface area contributed by atoms with Gasteiger partial charge in [-0.3, -0.25) is 4.79 Å². The van der Waals surface area contributed by atoms with Crippen LogP contribution in [0.15, 0.2) is 36.7 Å². The quantitative estimate of drug-likeness (QED) is 0.322. The van der Waals surface area contributed by atoms with Gasteiger partial charge in [0.25, 0.3) is 0 Å². The molecule has 0 aliphatic carbocycles. The molecule has 0 saturated carbocycles. The molecule has 1 aromatic heterocycles. The standard InChI is InChI=1S/C19H23N3O4/c1-13(2)11-16-5-7-17(8-6-16)14(3)19(23)26-10-9-21-15(4)20-12-18(21)22(24)25/h5-10,12-14H,11H2,1-4H3/b10-9+. The van der Waals surface area contributed by atoms with Crippen LogP contribution in [0.3, 0.4) is 0 Å². The molecule has 0 aliphatic rings. The highest BCUT2D eigenvalue weighted by Crippen LogP contribution is 2.19. The molecule has 1 unspecified atom stereocenters. The number of benzene rings is 1. The van der Waals surface area contributed by atoms with E-state index in [1.807, 2.05) is 24.3 Å². The van der Waals surface area contributed by atoms with Gasteiger partial charge in [0.2, 0.25) is 0 Å². The number of ether oxygens (including phenoxy) is 1. The molecule has 0 radical (unpaired) electrons. The van der Waals surface area contributed by atoms with Crippen LogP contribution in [0.1, 0.15) is 43.6 Å². The van der Waals surface area contributed by atoms with Gasteiger partial charge in [0.15, 0.2) is 5.82 Å². The van der Waals surface area contributed by atoms with Crippen LogP contribution in [0.25, 0.3) is 6.20 Å². The first-order chi connectivity index (χ1) is 12.3. The van der Waals surface area contributed by atoms with Gasteiger partial charge in [0, 0.05) is 6.92 Å². The zero-order chi connectivity index (χ0) is 19.3. The van der Waals surface area contributed by atoms with Crippen molar-refractivity contribution < 1.29 is 14.5 Å². The van der Waals surface area contributed by atoms with Crippen LogP contribution in [0.2, 0.25) is 0 Å². The average Bonchev–Trinajstić information content (AvgIpc) is 2.95. The first-order valence-electron chi connectivity index (χ1n) is 8.43. The Morgan fingerprint density at radius 3 is 2.54 bits per heavy atom. The number of aromatic nitrogens is 2.